The second-order valence-corrected chi connectivity index (χ2v) is 3.21. The first kappa shape index (κ1) is 12.7. The lowest BCUT2D eigenvalue weighted by Crippen LogP contribution is -2.45. The second-order valence-electron chi connectivity index (χ2n) is 3.21. The Labute approximate surface area is 84.2 Å². The third-order valence-electron chi connectivity index (χ3n) is 1.42. The molecule has 5 heteroatoms. The van der Waals surface area contributed by atoms with E-state index in [9.17, 15) is 9.59 Å². The lowest BCUT2D eigenvalue weighted by molar-refractivity contribution is -0.122. The molecule has 0 bridgehead atoms. The molecule has 0 heterocycles. The van der Waals surface area contributed by atoms with Crippen molar-refractivity contribution in [2.45, 2.75) is 39.8 Å². The van der Waals surface area contributed by atoms with Gasteiger partial charge in [0.25, 0.3) is 0 Å². The van der Waals surface area contributed by atoms with E-state index in [4.69, 9.17) is 4.74 Å². The summed E-state index contributed by atoms with van der Waals surface area (Å²) in [5.41, 5.74) is 0. The van der Waals surface area contributed by atoms with E-state index in [0.717, 1.165) is 0 Å². The van der Waals surface area contributed by atoms with E-state index in [1.54, 1.807) is 20.8 Å². The molecule has 0 rings (SSSR count). The molecule has 0 saturated carbocycles. The van der Waals surface area contributed by atoms with Gasteiger partial charge in [0, 0.05) is 6.54 Å². The Kier molecular flexibility index (Phi) is 5.67. The zero-order chi connectivity index (χ0) is 11.1. The number of alkyl carbamates (subject to hydrolysis) is 1. The van der Waals surface area contributed by atoms with Crippen LogP contribution in [0.1, 0.15) is 27.7 Å². The van der Waals surface area contributed by atoms with Crippen LogP contribution in [0.2, 0.25) is 0 Å². The highest BCUT2D eigenvalue weighted by molar-refractivity contribution is 5.85. The number of ether oxygens (including phenoxy) is 1. The fourth-order valence-corrected chi connectivity index (χ4v) is 0.818. The maximum absolute atomic E-state index is 11.2. The van der Waals surface area contributed by atoms with Crippen LogP contribution in [0.4, 0.5) is 4.79 Å². The van der Waals surface area contributed by atoms with Crippen molar-refractivity contribution in [3.05, 3.63) is 0 Å². The van der Waals surface area contributed by atoms with Crippen LogP contribution in [0.5, 0.6) is 0 Å². The third kappa shape index (κ3) is 5.40. The van der Waals surface area contributed by atoms with Gasteiger partial charge in [-0.1, -0.05) is 0 Å². The minimum Gasteiger partial charge on any atom is -0.447 e. The predicted octanol–water partition coefficient (Wildman–Crippen LogP) is 0.646. The van der Waals surface area contributed by atoms with Crippen molar-refractivity contribution in [3.8, 4) is 0 Å². The summed E-state index contributed by atoms with van der Waals surface area (Å²) in [4.78, 5) is 22.2. The number of nitrogens with one attached hydrogen (secondary N) is 2. The molecule has 0 spiro atoms. The Bertz CT molecular complexity index is 204. The zero-order valence-electron chi connectivity index (χ0n) is 9.09. The summed E-state index contributed by atoms with van der Waals surface area (Å²) in [6.07, 6.45) is -0.754. The van der Waals surface area contributed by atoms with Gasteiger partial charge in [-0.15, -0.1) is 0 Å². The van der Waals surface area contributed by atoms with Crippen molar-refractivity contribution in [1.29, 1.82) is 0 Å². The average Bonchev–Trinajstić information content (AvgIpc) is 2.02. The Morgan fingerprint density at radius 2 is 1.86 bits per heavy atom. The SMILES string of the molecule is CCNC(=O)C(C)NC(=O)OC(C)C. The standard InChI is InChI=1S/C9H18N2O3/c1-5-10-8(12)7(4)11-9(13)14-6(2)3/h6-7H,5H2,1-4H3,(H,10,12)(H,11,13). The number of carbonyl (C=O) groups is 2. The van der Waals surface area contributed by atoms with E-state index in [2.05, 4.69) is 10.6 Å². The molecule has 1 atom stereocenters. The first-order chi connectivity index (χ1) is 6.47. The summed E-state index contributed by atoms with van der Waals surface area (Å²) in [7, 11) is 0. The van der Waals surface area contributed by atoms with E-state index in [0.29, 0.717) is 6.54 Å². The monoisotopic (exact) mass is 202 g/mol. The van der Waals surface area contributed by atoms with Crippen molar-refractivity contribution >= 4 is 12.0 Å². The van der Waals surface area contributed by atoms with E-state index in [-0.39, 0.29) is 12.0 Å². The molecule has 0 aliphatic carbocycles. The van der Waals surface area contributed by atoms with Crippen molar-refractivity contribution in [2.75, 3.05) is 6.54 Å². The topological polar surface area (TPSA) is 67.4 Å². The van der Waals surface area contributed by atoms with Gasteiger partial charge in [-0.05, 0) is 27.7 Å². The van der Waals surface area contributed by atoms with Gasteiger partial charge in [-0.2, -0.15) is 0 Å². The van der Waals surface area contributed by atoms with Crippen LogP contribution in [0.25, 0.3) is 0 Å². The highest BCUT2D eigenvalue weighted by Crippen LogP contribution is 1.90. The van der Waals surface area contributed by atoms with Gasteiger partial charge in [0.1, 0.15) is 6.04 Å². The van der Waals surface area contributed by atoms with Crippen molar-refractivity contribution in [1.82, 2.24) is 10.6 Å². The highest BCUT2D eigenvalue weighted by Gasteiger charge is 2.15. The van der Waals surface area contributed by atoms with Crippen molar-refractivity contribution in [3.63, 3.8) is 0 Å². The third-order valence-corrected chi connectivity index (χ3v) is 1.42. The summed E-state index contributed by atoms with van der Waals surface area (Å²) in [6, 6.07) is -0.568. The summed E-state index contributed by atoms with van der Waals surface area (Å²) in [6.45, 7) is 7.46. The molecular weight excluding hydrogens is 184 g/mol. The molecule has 0 fully saturated rings. The number of likely N-dealkylation sites (N-methyl/N-ethyl adjacent to an activating group) is 1. The first-order valence-electron chi connectivity index (χ1n) is 4.72. The molecular formula is C9H18N2O3. The van der Waals surface area contributed by atoms with Crippen LogP contribution in [0.3, 0.4) is 0 Å². The quantitative estimate of drug-likeness (QED) is 0.703. The zero-order valence-corrected chi connectivity index (χ0v) is 9.09. The molecule has 0 radical (unpaired) electrons. The normalized spacial score (nSPS) is 12.1. The molecule has 5 nitrogen and oxygen atoms in total. The molecule has 0 aromatic heterocycles. The van der Waals surface area contributed by atoms with Crippen LogP contribution in [0.15, 0.2) is 0 Å². The van der Waals surface area contributed by atoms with Crippen LogP contribution in [-0.2, 0) is 9.53 Å². The second kappa shape index (κ2) is 6.23. The number of hydrogen-bond acceptors (Lipinski definition) is 3. The minimum absolute atomic E-state index is 0.184. The maximum Gasteiger partial charge on any atom is 0.408 e. The highest BCUT2D eigenvalue weighted by atomic mass is 16.6. The predicted molar refractivity (Wildman–Crippen MR) is 52.9 cm³/mol. The van der Waals surface area contributed by atoms with Crippen LogP contribution >= 0.6 is 0 Å². The van der Waals surface area contributed by atoms with E-state index < -0.39 is 12.1 Å². The lowest BCUT2D eigenvalue weighted by Gasteiger charge is -2.14. The molecule has 0 saturated heterocycles. The van der Waals surface area contributed by atoms with E-state index in [1.807, 2.05) is 6.92 Å². The molecule has 0 aromatic carbocycles. The molecule has 1 unspecified atom stereocenters. The number of amides is 2. The van der Waals surface area contributed by atoms with Gasteiger partial charge in [-0.25, -0.2) is 4.79 Å². The maximum atomic E-state index is 11.2. The average molecular weight is 202 g/mol. The summed E-state index contributed by atoms with van der Waals surface area (Å²) in [5, 5.41) is 5.02. The Morgan fingerprint density at radius 3 is 2.29 bits per heavy atom. The van der Waals surface area contributed by atoms with Gasteiger partial charge < -0.3 is 15.4 Å². The number of rotatable bonds is 4. The minimum atomic E-state index is -0.571. The van der Waals surface area contributed by atoms with Gasteiger partial charge in [-0.3, -0.25) is 4.79 Å². The van der Waals surface area contributed by atoms with Gasteiger partial charge in [0.15, 0.2) is 0 Å². The van der Waals surface area contributed by atoms with Gasteiger partial charge in [0.05, 0.1) is 6.10 Å². The van der Waals surface area contributed by atoms with Gasteiger partial charge in [0.2, 0.25) is 5.91 Å². The molecule has 14 heavy (non-hydrogen) atoms. The molecule has 2 amide bonds. The van der Waals surface area contributed by atoms with Gasteiger partial charge >= 0.3 is 6.09 Å². The molecule has 0 aromatic rings. The number of carbonyl (C=O) groups excluding carboxylic acids is 2. The molecule has 0 aliphatic heterocycles. The lowest BCUT2D eigenvalue weighted by atomic mass is 10.3. The first-order valence-corrected chi connectivity index (χ1v) is 4.72. The van der Waals surface area contributed by atoms with E-state index >= 15 is 0 Å². The fourth-order valence-electron chi connectivity index (χ4n) is 0.818. The molecule has 2 N–H and O–H groups in total. The Morgan fingerprint density at radius 1 is 1.29 bits per heavy atom. The summed E-state index contributed by atoms with van der Waals surface area (Å²) in [5.74, 6) is -0.215. The fraction of sp³-hybridized carbons (Fsp3) is 0.778. The summed E-state index contributed by atoms with van der Waals surface area (Å²) < 4.78 is 4.82. The Balaban J connectivity index is 3.87. The molecule has 82 valence electrons. The van der Waals surface area contributed by atoms with Crippen molar-refractivity contribution in [2.24, 2.45) is 0 Å². The van der Waals surface area contributed by atoms with E-state index in [1.165, 1.54) is 0 Å². The van der Waals surface area contributed by atoms with Crippen LogP contribution < -0.4 is 10.6 Å². The van der Waals surface area contributed by atoms with Crippen LogP contribution in [0, 0.1) is 0 Å². The summed E-state index contributed by atoms with van der Waals surface area (Å²) >= 11 is 0. The van der Waals surface area contributed by atoms with Crippen molar-refractivity contribution < 1.29 is 14.3 Å². The largest absolute Gasteiger partial charge is 0.447 e. The number of hydrogen-bond donors (Lipinski definition) is 2. The smallest absolute Gasteiger partial charge is 0.408 e. The molecule has 0 aliphatic rings. The Hall–Kier alpha value is -1.26. The van der Waals surface area contributed by atoms with Crippen LogP contribution in [-0.4, -0.2) is 30.7 Å².